The van der Waals surface area contributed by atoms with E-state index in [1.807, 2.05) is 12.1 Å². The van der Waals surface area contributed by atoms with Gasteiger partial charge >= 0.3 is 0 Å². The van der Waals surface area contributed by atoms with Crippen LogP contribution in [-0.2, 0) is 6.54 Å². The highest BCUT2D eigenvalue weighted by molar-refractivity contribution is 6.30. The Morgan fingerprint density at radius 2 is 2.24 bits per heavy atom. The van der Waals surface area contributed by atoms with Crippen molar-refractivity contribution in [2.45, 2.75) is 38.3 Å². The lowest BCUT2D eigenvalue weighted by Crippen LogP contribution is -2.28. The molecular formula is C14H19Cl2N. The molecule has 3 heteroatoms. The summed E-state index contributed by atoms with van der Waals surface area (Å²) in [6.07, 6.45) is 4.98. The molecule has 1 aromatic rings. The molecule has 0 saturated carbocycles. The van der Waals surface area contributed by atoms with Crippen LogP contribution >= 0.6 is 23.2 Å². The molecule has 1 aliphatic heterocycles. The van der Waals surface area contributed by atoms with Crippen LogP contribution in [0.1, 0.15) is 31.2 Å². The quantitative estimate of drug-likeness (QED) is 0.721. The number of benzene rings is 1. The Bertz CT molecular complexity index is 354. The molecule has 0 aliphatic carbocycles. The maximum Gasteiger partial charge on any atom is 0.0409 e. The molecule has 0 N–H and O–H groups in total. The Morgan fingerprint density at radius 1 is 1.35 bits per heavy atom. The minimum atomic E-state index is 0.715. The first-order chi connectivity index (χ1) is 8.29. The van der Waals surface area contributed by atoms with Crippen LogP contribution in [-0.4, -0.2) is 23.4 Å². The first-order valence-electron chi connectivity index (χ1n) is 6.34. The van der Waals surface area contributed by atoms with Gasteiger partial charge in [-0.1, -0.05) is 23.7 Å². The van der Waals surface area contributed by atoms with Gasteiger partial charge in [0.2, 0.25) is 0 Å². The zero-order valence-corrected chi connectivity index (χ0v) is 11.6. The Kier molecular flexibility index (Phi) is 5.15. The van der Waals surface area contributed by atoms with Gasteiger partial charge in [0, 0.05) is 23.5 Å². The second-order valence-corrected chi connectivity index (χ2v) is 5.54. The monoisotopic (exact) mass is 271 g/mol. The minimum Gasteiger partial charge on any atom is -0.296 e. The predicted molar refractivity (Wildman–Crippen MR) is 74.8 cm³/mol. The molecule has 1 heterocycles. The molecule has 17 heavy (non-hydrogen) atoms. The molecule has 0 bridgehead atoms. The summed E-state index contributed by atoms with van der Waals surface area (Å²) in [5.74, 6) is 0.779. The molecule has 94 valence electrons. The summed E-state index contributed by atoms with van der Waals surface area (Å²) < 4.78 is 0. The van der Waals surface area contributed by atoms with Crippen LogP contribution < -0.4 is 0 Å². The third-order valence-corrected chi connectivity index (χ3v) is 3.95. The van der Waals surface area contributed by atoms with Crippen LogP contribution in [0.3, 0.4) is 0 Å². The maximum absolute atomic E-state index is 6.01. The van der Waals surface area contributed by atoms with Crippen molar-refractivity contribution in [3.05, 3.63) is 34.9 Å². The Balaban J connectivity index is 1.93. The second kappa shape index (κ2) is 6.63. The lowest BCUT2D eigenvalue weighted by molar-refractivity contribution is 0.234. The molecule has 1 aromatic carbocycles. The lowest BCUT2D eigenvalue weighted by atomic mass is 10.1. The third-order valence-electron chi connectivity index (χ3n) is 3.44. The molecule has 1 atom stereocenters. The number of nitrogens with zero attached hydrogens (tertiary/aromatic N) is 1. The summed E-state index contributed by atoms with van der Waals surface area (Å²) in [5.41, 5.74) is 1.32. The lowest BCUT2D eigenvalue weighted by Gasteiger charge is -2.24. The number of hydrogen-bond donors (Lipinski definition) is 0. The van der Waals surface area contributed by atoms with Crippen molar-refractivity contribution >= 4 is 23.2 Å². The topological polar surface area (TPSA) is 3.24 Å². The van der Waals surface area contributed by atoms with Gasteiger partial charge in [-0.3, -0.25) is 4.90 Å². The number of rotatable bonds is 5. The Labute approximate surface area is 114 Å². The fourth-order valence-electron chi connectivity index (χ4n) is 2.61. The van der Waals surface area contributed by atoms with Crippen LogP contribution in [0.15, 0.2) is 24.3 Å². The molecule has 0 aromatic heterocycles. The second-order valence-electron chi connectivity index (χ2n) is 4.73. The predicted octanol–water partition coefficient (Wildman–Crippen LogP) is 4.32. The maximum atomic E-state index is 6.01. The van der Waals surface area contributed by atoms with E-state index in [-0.39, 0.29) is 0 Å². The summed E-state index contributed by atoms with van der Waals surface area (Å²) in [6, 6.07) is 8.90. The van der Waals surface area contributed by atoms with Gasteiger partial charge in [0.15, 0.2) is 0 Å². The van der Waals surface area contributed by atoms with E-state index in [9.17, 15) is 0 Å². The summed E-state index contributed by atoms with van der Waals surface area (Å²) in [7, 11) is 0. The number of alkyl halides is 1. The first-order valence-corrected chi connectivity index (χ1v) is 7.25. The number of halogens is 2. The number of hydrogen-bond acceptors (Lipinski definition) is 1. The van der Waals surface area contributed by atoms with Crippen molar-refractivity contribution in [3.8, 4) is 0 Å². The van der Waals surface area contributed by atoms with Gasteiger partial charge < -0.3 is 0 Å². The van der Waals surface area contributed by atoms with Crippen molar-refractivity contribution < 1.29 is 0 Å². The van der Waals surface area contributed by atoms with E-state index >= 15 is 0 Å². The van der Waals surface area contributed by atoms with Crippen molar-refractivity contribution in [2.24, 2.45) is 0 Å². The fraction of sp³-hybridized carbons (Fsp3) is 0.571. The van der Waals surface area contributed by atoms with E-state index in [0.717, 1.165) is 23.9 Å². The van der Waals surface area contributed by atoms with Gasteiger partial charge in [0.25, 0.3) is 0 Å². The van der Waals surface area contributed by atoms with Crippen molar-refractivity contribution in [3.63, 3.8) is 0 Å². The molecule has 1 unspecified atom stereocenters. The zero-order chi connectivity index (χ0) is 12.1. The van der Waals surface area contributed by atoms with Crippen molar-refractivity contribution in [2.75, 3.05) is 12.4 Å². The van der Waals surface area contributed by atoms with Crippen LogP contribution in [0.25, 0.3) is 0 Å². The summed E-state index contributed by atoms with van der Waals surface area (Å²) in [4.78, 5) is 2.57. The van der Waals surface area contributed by atoms with E-state index in [0.29, 0.717) is 6.04 Å². The van der Waals surface area contributed by atoms with E-state index in [1.165, 1.54) is 31.4 Å². The highest BCUT2D eigenvalue weighted by atomic mass is 35.5. The Hall–Kier alpha value is -0.240. The van der Waals surface area contributed by atoms with E-state index < -0.39 is 0 Å². The standard InChI is InChI=1S/C14H19Cl2N/c15-8-2-6-14-7-3-9-17(14)11-12-4-1-5-13(16)10-12/h1,4-5,10,14H,2-3,6-9,11H2. The SMILES string of the molecule is ClCCCC1CCCN1Cc1cccc(Cl)c1. The first kappa shape index (κ1) is 13.2. The van der Waals surface area contributed by atoms with Crippen molar-refractivity contribution in [1.29, 1.82) is 0 Å². The minimum absolute atomic E-state index is 0.715. The van der Waals surface area contributed by atoms with Gasteiger partial charge in [0.1, 0.15) is 0 Å². The van der Waals surface area contributed by atoms with Gasteiger partial charge in [-0.15, -0.1) is 11.6 Å². The highest BCUT2D eigenvalue weighted by Gasteiger charge is 2.23. The van der Waals surface area contributed by atoms with E-state index in [4.69, 9.17) is 23.2 Å². The number of likely N-dealkylation sites (tertiary alicyclic amines) is 1. The molecule has 1 aliphatic rings. The fourth-order valence-corrected chi connectivity index (χ4v) is 2.98. The van der Waals surface area contributed by atoms with Crippen molar-refractivity contribution in [1.82, 2.24) is 4.90 Å². The van der Waals surface area contributed by atoms with E-state index in [1.54, 1.807) is 0 Å². The third kappa shape index (κ3) is 3.87. The Morgan fingerprint density at radius 3 is 3.00 bits per heavy atom. The van der Waals surface area contributed by atoms with Crippen LogP contribution in [0.5, 0.6) is 0 Å². The summed E-state index contributed by atoms with van der Waals surface area (Å²) >= 11 is 11.8. The smallest absolute Gasteiger partial charge is 0.0409 e. The largest absolute Gasteiger partial charge is 0.296 e. The molecule has 2 rings (SSSR count). The molecule has 0 amide bonds. The summed E-state index contributed by atoms with van der Waals surface area (Å²) in [5, 5.41) is 0.832. The van der Waals surface area contributed by atoms with Crippen LogP contribution in [0, 0.1) is 0 Å². The highest BCUT2D eigenvalue weighted by Crippen LogP contribution is 2.24. The van der Waals surface area contributed by atoms with Gasteiger partial charge in [0.05, 0.1) is 0 Å². The van der Waals surface area contributed by atoms with Crippen LogP contribution in [0.4, 0.5) is 0 Å². The molecule has 1 fully saturated rings. The average molecular weight is 272 g/mol. The van der Waals surface area contributed by atoms with E-state index in [2.05, 4.69) is 17.0 Å². The molecule has 1 saturated heterocycles. The van der Waals surface area contributed by atoms with Gasteiger partial charge in [-0.25, -0.2) is 0 Å². The van der Waals surface area contributed by atoms with Crippen LogP contribution in [0.2, 0.25) is 5.02 Å². The van der Waals surface area contributed by atoms with Gasteiger partial charge in [-0.05, 0) is 49.9 Å². The normalized spacial score (nSPS) is 20.9. The summed E-state index contributed by atoms with van der Waals surface area (Å²) in [6.45, 7) is 2.23. The molecular weight excluding hydrogens is 253 g/mol. The molecule has 0 spiro atoms. The zero-order valence-electron chi connectivity index (χ0n) is 10.0. The molecule has 0 radical (unpaired) electrons. The van der Waals surface area contributed by atoms with Gasteiger partial charge in [-0.2, -0.15) is 0 Å². The average Bonchev–Trinajstić information content (AvgIpc) is 2.74. The molecule has 1 nitrogen and oxygen atoms in total.